The molecule has 4 N–H and O–H groups in total. The Balaban J connectivity index is 1.43. The minimum Gasteiger partial charge on any atom is -0.273 e. The average Bonchev–Trinajstić information content (AvgIpc) is 2.71. The van der Waals surface area contributed by atoms with E-state index in [1.165, 1.54) is 16.0 Å². The second-order valence-electron chi connectivity index (χ2n) is 7.10. The van der Waals surface area contributed by atoms with Crippen LogP contribution in [0, 0.1) is 6.92 Å². The van der Waals surface area contributed by atoms with Crippen molar-refractivity contribution in [2.75, 3.05) is 18.7 Å². The van der Waals surface area contributed by atoms with Gasteiger partial charge >= 0.3 is 5.96 Å². The Kier molecular flexibility index (Phi) is 5.41. The molecule has 0 saturated carbocycles. The van der Waals surface area contributed by atoms with Crippen LogP contribution in [0.1, 0.15) is 23.7 Å². The number of benzene rings is 2. The fourth-order valence-electron chi connectivity index (χ4n) is 3.37. The highest BCUT2D eigenvalue weighted by Gasteiger charge is 2.21. The highest BCUT2D eigenvalue weighted by atomic mass is 35.5. The SMILES string of the molecule is CCc1ccc2nc(NC3=[NH+]C[NH+](Cc4ccc(Cl)cc4)CN3)nc(C)c2c1. The number of quaternary nitrogens is 1. The number of rotatable bonds is 4. The molecule has 0 saturated heterocycles. The van der Waals surface area contributed by atoms with Gasteiger partial charge < -0.3 is 0 Å². The fourth-order valence-corrected chi connectivity index (χ4v) is 3.50. The number of hydrogen-bond acceptors (Lipinski definition) is 4. The van der Waals surface area contributed by atoms with Gasteiger partial charge in [0.1, 0.15) is 6.54 Å². The van der Waals surface area contributed by atoms with Crippen LogP contribution in [-0.4, -0.2) is 29.3 Å². The van der Waals surface area contributed by atoms with E-state index in [2.05, 4.69) is 62.8 Å². The van der Waals surface area contributed by atoms with Crippen molar-refractivity contribution in [3.63, 3.8) is 0 Å². The van der Waals surface area contributed by atoms with E-state index in [1.54, 1.807) is 0 Å². The van der Waals surface area contributed by atoms with Crippen LogP contribution < -0.4 is 20.5 Å². The van der Waals surface area contributed by atoms with E-state index in [1.807, 2.05) is 19.1 Å². The highest BCUT2D eigenvalue weighted by molar-refractivity contribution is 6.30. The van der Waals surface area contributed by atoms with E-state index in [4.69, 9.17) is 11.6 Å². The van der Waals surface area contributed by atoms with Gasteiger partial charge in [0.25, 0.3) is 5.95 Å². The van der Waals surface area contributed by atoms with Crippen molar-refractivity contribution in [3.8, 4) is 0 Å². The monoisotopic (exact) mass is 396 g/mol. The summed E-state index contributed by atoms with van der Waals surface area (Å²) in [6, 6.07) is 14.4. The molecule has 0 bridgehead atoms. The minimum absolute atomic E-state index is 0.602. The first kappa shape index (κ1) is 18.7. The summed E-state index contributed by atoms with van der Waals surface area (Å²) in [5, 5.41) is 8.54. The number of aromatic nitrogens is 2. The van der Waals surface area contributed by atoms with Crippen molar-refractivity contribution >= 4 is 34.4 Å². The number of nitrogens with zero attached hydrogens (tertiary/aromatic N) is 2. The first-order chi connectivity index (χ1) is 13.6. The molecule has 28 heavy (non-hydrogen) atoms. The van der Waals surface area contributed by atoms with Crippen LogP contribution in [-0.2, 0) is 13.0 Å². The summed E-state index contributed by atoms with van der Waals surface area (Å²) in [6.45, 7) is 6.73. The largest absolute Gasteiger partial charge is 0.359 e. The molecule has 1 unspecified atom stereocenters. The molecule has 6 nitrogen and oxygen atoms in total. The van der Waals surface area contributed by atoms with Crippen molar-refractivity contribution in [2.45, 2.75) is 26.8 Å². The summed E-state index contributed by atoms with van der Waals surface area (Å²) in [5.41, 5.74) is 4.50. The summed E-state index contributed by atoms with van der Waals surface area (Å²) in [4.78, 5) is 14.1. The van der Waals surface area contributed by atoms with Crippen LogP contribution in [0.15, 0.2) is 42.5 Å². The molecular weight excluding hydrogens is 372 g/mol. The number of guanidine groups is 1. The average molecular weight is 397 g/mol. The molecule has 1 aromatic heterocycles. The van der Waals surface area contributed by atoms with Crippen LogP contribution in [0.2, 0.25) is 5.02 Å². The Morgan fingerprint density at radius 1 is 1.14 bits per heavy atom. The Labute approximate surface area is 169 Å². The number of aryl methyl sites for hydroxylation is 2. The number of fused-ring (bicyclic) bond motifs is 1. The molecule has 1 aliphatic rings. The van der Waals surface area contributed by atoms with Gasteiger partial charge in [-0.15, -0.1) is 0 Å². The van der Waals surface area contributed by atoms with Gasteiger partial charge in [-0.3, -0.25) is 4.90 Å². The quantitative estimate of drug-likeness (QED) is 0.521. The highest BCUT2D eigenvalue weighted by Crippen LogP contribution is 2.19. The molecule has 0 radical (unpaired) electrons. The number of nitrogens with one attached hydrogen (secondary N) is 4. The number of anilines is 1. The first-order valence-electron chi connectivity index (χ1n) is 9.57. The summed E-state index contributed by atoms with van der Waals surface area (Å²) >= 11 is 5.96. The summed E-state index contributed by atoms with van der Waals surface area (Å²) < 4.78 is 0. The molecule has 1 aliphatic heterocycles. The molecular formula is C21H25ClN6+2. The van der Waals surface area contributed by atoms with Gasteiger partial charge in [-0.05, 0) is 43.2 Å². The zero-order valence-corrected chi connectivity index (χ0v) is 16.9. The van der Waals surface area contributed by atoms with Crippen LogP contribution in [0.4, 0.5) is 5.95 Å². The van der Waals surface area contributed by atoms with E-state index in [0.29, 0.717) is 5.95 Å². The summed E-state index contributed by atoms with van der Waals surface area (Å²) in [6.07, 6.45) is 1.01. The van der Waals surface area contributed by atoms with Crippen molar-refractivity contribution in [2.24, 2.45) is 0 Å². The maximum Gasteiger partial charge on any atom is 0.359 e. The first-order valence-corrected chi connectivity index (χ1v) is 9.95. The Hall–Kier alpha value is -2.70. The van der Waals surface area contributed by atoms with Crippen molar-refractivity contribution in [3.05, 3.63) is 64.3 Å². The fraction of sp³-hybridized carbons (Fsp3) is 0.286. The van der Waals surface area contributed by atoms with E-state index in [-0.39, 0.29) is 0 Å². The Morgan fingerprint density at radius 2 is 1.93 bits per heavy atom. The van der Waals surface area contributed by atoms with E-state index < -0.39 is 0 Å². The van der Waals surface area contributed by atoms with Gasteiger partial charge in [0.15, 0.2) is 13.3 Å². The van der Waals surface area contributed by atoms with Gasteiger partial charge in [0.05, 0.1) is 11.2 Å². The molecule has 0 fully saturated rings. The third-order valence-corrected chi connectivity index (χ3v) is 5.25. The molecule has 0 spiro atoms. The van der Waals surface area contributed by atoms with Crippen LogP contribution in [0.5, 0.6) is 0 Å². The van der Waals surface area contributed by atoms with E-state index in [0.717, 1.165) is 53.9 Å². The topological polar surface area (TPSA) is 68.2 Å². The van der Waals surface area contributed by atoms with Crippen LogP contribution >= 0.6 is 11.6 Å². The second kappa shape index (κ2) is 8.12. The molecule has 0 amide bonds. The van der Waals surface area contributed by atoms with Gasteiger partial charge in [-0.25, -0.2) is 20.6 Å². The molecule has 4 rings (SSSR count). The number of halogens is 1. The van der Waals surface area contributed by atoms with Gasteiger partial charge in [0.2, 0.25) is 0 Å². The molecule has 3 aromatic rings. The second-order valence-corrected chi connectivity index (χ2v) is 7.53. The van der Waals surface area contributed by atoms with Gasteiger partial charge in [0, 0.05) is 16.0 Å². The van der Waals surface area contributed by atoms with Gasteiger partial charge in [-0.1, -0.05) is 36.7 Å². The molecule has 1 atom stereocenters. The summed E-state index contributed by atoms with van der Waals surface area (Å²) in [7, 11) is 0. The van der Waals surface area contributed by atoms with Gasteiger partial charge in [-0.2, -0.15) is 4.98 Å². The Bertz CT molecular complexity index is 1020. The molecule has 144 valence electrons. The standard InChI is InChI=1S/C21H23ClN6/c1-3-15-6-9-19-18(10-15)14(2)25-21(26-19)27-20-23-12-28(13-24-20)11-16-4-7-17(22)8-5-16/h4-10H,3,11-13H2,1-2H3,(H2,23,24,25,26,27)/p+2. The smallest absolute Gasteiger partial charge is 0.273 e. The van der Waals surface area contributed by atoms with Crippen LogP contribution in [0.3, 0.4) is 0 Å². The lowest BCUT2D eigenvalue weighted by molar-refractivity contribution is -0.991. The Morgan fingerprint density at radius 3 is 2.64 bits per heavy atom. The zero-order valence-electron chi connectivity index (χ0n) is 16.1. The van der Waals surface area contributed by atoms with E-state index in [9.17, 15) is 0 Å². The predicted octanol–water partition coefficient (Wildman–Crippen LogP) is 0.606. The zero-order chi connectivity index (χ0) is 19.5. The van der Waals surface area contributed by atoms with Crippen molar-refractivity contribution in [1.82, 2.24) is 15.3 Å². The lowest BCUT2D eigenvalue weighted by atomic mass is 10.1. The molecule has 2 aromatic carbocycles. The molecule has 7 heteroatoms. The van der Waals surface area contributed by atoms with Crippen molar-refractivity contribution < 1.29 is 9.89 Å². The lowest BCUT2D eigenvalue weighted by Crippen LogP contribution is -3.23. The molecule has 0 aliphatic carbocycles. The van der Waals surface area contributed by atoms with E-state index >= 15 is 0 Å². The minimum atomic E-state index is 0.602. The maximum atomic E-state index is 5.96. The third kappa shape index (κ3) is 4.24. The third-order valence-electron chi connectivity index (χ3n) is 4.99. The normalized spacial score (nSPS) is 16.5. The lowest BCUT2D eigenvalue weighted by Gasteiger charge is -2.20. The summed E-state index contributed by atoms with van der Waals surface area (Å²) in [5.74, 6) is 1.44. The predicted molar refractivity (Wildman–Crippen MR) is 112 cm³/mol. The van der Waals surface area contributed by atoms with Crippen LogP contribution in [0.25, 0.3) is 10.9 Å². The molecule has 2 heterocycles. The van der Waals surface area contributed by atoms with Crippen molar-refractivity contribution in [1.29, 1.82) is 0 Å². The maximum absolute atomic E-state index is 5.96. The number of hydrogen-bond donors (Lipinski definition) is 4.